The number of ketones is 1. The number of carbonyl (C=O) groups excluding carboxylic acids is 1. The summed E-state index contributed by atoms with van der Waals surface area (Å²) in [6, 6.07) is 8.88. The number of anilines is 1. The van der Waals surface area contributed by atoms with Gasteiger partial charge in [0.1, 0.15) is 11.2 Å². The van der Waals surface area contributed by atoms with Crippen molar-refractivity contribution in [2.75, 3.05) is 5.73 Å². The molecule has 0 aliphatic heterocycles. The normalized spacial score (nSPS) is 9.95. The number of nitrogen functional groups attached to an aromatic ring is 1. The average Bonchev–Trinajstić information content (AvgIpc) is 2.96. The van der Waals surface area contributed by atoms with Crippen LogP contribution in [-0.2, 0) is 24.9 Å². The molecule has 0 radical (unpaired) electrons. The third-order valence-electron chi connectivity index (χ3n) is 2.55. The molecule has 0 aliphatic rings. The fourth-order valence-corrected chi connectivity index (χ4v) is 1.74. The SMILES string of the molecule is Nc1nc(C(=O)c2ccccc2)c2[nH]cnc2n1.[Cl][Hg]. The molecule has 0 spiro atoms. The van der Waals surface area contributed by atoms with Gasteiger partial charge in [0.05, 0.1) is 6.33 Å². The van der Waals surface area contributed by atoms with E-state index in [9.17, 15) is 4.79 Å². The van der Waals surface area contributed by atoms with Crippen molar-refractivity contribution in [3.63, 3.8) is 0 Å². The fraction of sp³-hybridized carbons (Fsp3) is 0. The zero-order chi connectivity index (χ0) is 14.5. The summed E-state index contributed by atoms with van der Waals surface area (Å²) in [4.78, 5) is 27.1. The van der Waals surface area contributed by atoms with Gasteiger partial charge in [0.15, 0.2) is 5.65 Å². The molecule has 97 valence electrons. The Morgan fingerprint density at radius 2 is 1.90 bits per heavy atom. The van der Waals surface area contributed by atoms with Crippen LogP contribution in [0.15, 0.2) is 36.7 Å². The standard InChI is InChI=1S/C12H9N5O.ClH.Hg/c13-12-16-8(9-11(17-12)15-6-14-9)10(18)7-4-2-1-3-5-7;;/h1-6H,(H3,13,14,15,16,17);1H;/q;;+1/p-1. The molecule has 1 aromatic carbocycles. The van der Waals surface area contributed by atoms with Crippen LogP contribution in [-0.4, -0.2) is 25.7 Å². The zero-order valence-corrected chi connectivity index (χ0v) is 16.6. The van der Waals surface area contributed by atoms with E-state index in [-0.39, 0.29) is 17.4 Å². The van der Waals surface area contributed by atoms with Crippen LogP contribution < -0.4 is 5.73 Å². The first-order valence-corrected chi connectivity index (χ1v) is 12.4. The molecule has 0 bridgehead atoms. The number of aromatic nitrogens is 4. The molecular formula is C12H9ClHgN5O. The van der Waals surface area contributed by atoms with E-state index in [0.717, 1.165) is 0 Å². The number of halogens is 1. The molecule has 0 atom stereocenters. The molecule has 2 aromatic heterocycles. The second kappa shape index (κ2) is 6.76. The summed E-state index contributed by atoms with van der Waals surface area (Å²) in [6.45, 7) is 0. The van der Waals surface area contributed by atoms with Gasteiger partial charge in [0, 0.05) is 5.56 Å². The first-order chi connectivity index (χ1) is 9.75. The Morgan fingerprint density at radius 1 is 1.20 bits per heavy atom. The molecule has 3 rings (SSSR count). The monoisotopic (exact) mass is 476 g/mol. The van der Waals surface area contributed by atoms with E-state index in [1.807, 2.05) is 6.07 Å². The van der Waals surface area contributed by atoms with Gasteiger partial charge in [-0.15, -0.1) is 0 Å². The van der Waals surface area contributed by atoms with E-state index in [0.29, 0.717) is 41.6 Å². The molecule has 0 aliphatic carbocycles. The van der Waals surface area contributed by atoms with E-state index < -0.39 is 0 Å². The van der Waals surface area contributed by atoms with Gasteiger partial charge in [0.25, 0.3) is 0 Å². The molecule has 0 saturated heterocycles. The number of nitrogens with zero attached hydrogens (tertiary/aromatic N) is 3. The van der Waals surface area contributed by atoms with Crippen LogP contribution >= 0.6 is 8.25 Å². The first-order valence-electron chi connectivity index (χ1n) is 5.59. The predicted molar refractivity (Wildman–Crippen MR) is 71.8 cm³/mol. The van der Waals surface area contributed by atoms with Gasteiger partial charge in [-0.05, 0) is 0 Å². The fourth-order valence-electron chi connectivity index (χ4n) is 1.74. The third kappa shape index (κ3) is 2.96. The van der Waals surface area contributed by atoms with Crippen LogP contribution in [0.5, 0.6) is 0 Å². The Balaban J connectivity index is 0.000000704. The minimum atomic E-state index is -0.209. The number of H-pyrrole nitrogens is 1. The van der Waals surface area contributed by atoms with Gasteiger partial charge in [-0.1, -0.05) is 30.3 Å². The number of benzene rings is 1. The molecule has 6 nitrogen and oxygen atoms in total. The summed E-state index contributed by atoms with van der Waals surface area (Å²) in [6.07, 6.45) is 1.46. The van der Waals surface area contributed by atoms with Crippen molar-refractivity contribution < 1.29 is 29.7 Å². The molecule has 20 heavy (non-hydrogen) atoms. The van der Waals surface area contributed by atoms with Gasteiger partial charge < -0.3 is 10.7 Å². The molecule has 0 saturated carbocycles. The van der Waals surface area contributed by atoms with E-state index >= 15 is 0 Å². The average molecular weight is 475 g/mol. The summed E-state index contributed by atoms with van der Waals surface area (Å²) in [7, 11) is 4.83. The van der Waals surface area contributed by atoms with Crippen molar-refractivity contribution in [3.05, 3.63) is 47.9 Å². The Kier molecular flexibility index (Phi) is 5.02. The first kappa shape index (κ1) is 14.9. The van der Waals surface area contributed by atoms with E-state index in [1.54, 1.807) is 24.3 Å². The van der Waals surface area contributed by atoms with Crippen molar-refractivity contribution in [2.24, 2.45) is 0 Å². The number of nitrogens with two attached hydrogens (primary N) is 1. The number of rotatable bonds is 2. The molecule has 2 heterocycles. The second-order valence-electron chi connectivity index (χ2n) is 3.73. The molecule has 3 aromatic rings. The number of fused-ring (bicyclic) bond motifs is 1. The molecule has 0 unspecified atom stereocenters. The van der Waals surface area contributed by atoms with Gasteiger partial charge in [-0.3, -0.25) is 4.79 Å². The molecule has 8 heteroatoms. The quantitative estimate of drug-likeness (QED) is 0.436. The summed E-state index contributed by atoms with van der Waals surface area (Å²) >= 11 is 0.500. The van der Waals surface area contributed by atoms with Gasteiger partial charge in [0.2, 0.25) is 11.7 Å². The van der Waals surface area contributed by atoms with E-state index in [4.69, 9.17) is 14.0 Å². The summed E-state index contributed by atoms with van der Waals surface area (Å²) in [5.41, 5.74) is 7.25. The number of nitrogens with one attached hydrogen (secondary N) is 1. The summed E-state index contributed by atoms with van der Waals surface area (Å²) in [5, 5.41) is 0. The number of imidazole rings is 1. The van der Waals surface area contributed by atoms with Crippen LogP contribution in [0.4, 0.5) is 5.95 Å². The molecular weight excluding hydrogens is 466 g/mol. The molecule has 0 fully saturated rings. The van der Waals surface area contributed by atoms with Gasteiger partial charge in [-0.2, -0.15) is 4.98 Å². The van der Waals surface area contributed by atoms with Crippen molar-refractivity contribution in [1.82, 2.24) is 19.9 Å². The number of hydrogen-bond donors (Lipinski definition) is 2. The maximum absolute atomic E-state index is 12.3. The van der Waals surface area contributed by atoms with Crippen LogP contribution in [0, 0.1) is 0 Å². The van der Waals surface area contributed by atoms with Crippen molar-refractivity contribution in [3.8, 4) is 0 Å². The van der Waals surface area contributed by atoms with Crippen LogP contribution in [0.3, 0.4) is 0 Å². The predicted octanol–water partition coefficient (Wildman–Crippen LogP) is 1.85. The zero-order valence-electron chi connectivity index (χ0n) is 10.4. The van der Waals surface area contributed by atoms with E-state index in [1.165, 1.54) is 6.33 Å². The minimum absolute atomic E-state index is 0.0360. The van der Waals surface area contributed by atoms with Crippen molar-refractivity contribution in [2.45, 2.75) is 0 Å². The molecule has 3 N–H and O–H groups in total. The topological polar surface area (TPSA) is 97.5 Å². The number of hydrogen-bond acceptors (Lipinski definition) is 5. The Labute approximate surface area is 134 Å². The van der Waals surface area contributed by atoms with Gasteiger partial charge in [-0.25, -0.2) is 9.97 Å². The third-order valence-corrected chi connectivity index (χ3v) is 2.55. The number of carbonyl (C=O) groups is 1. The summed E-state index contributed by atoms with van der Waals surface area (Å²) in [5.74, 6) is -0.173. The number of aromatic amines is 1. The molecule has 0 amide bonds. The Morgan fingerprint density at radius 3 is 2.60 bits per heavy atom. The second-order valence-corrected chi connectivity index (χ2v) is 3.73. The Hall–Kier alpha value is -1.53. The maximum atomic E-state index is 12.3. The van der Waals surface area contributed by atoms with E-state index in [2.05, 4.69) is 19.9 Å². The van der Waals surface area contributed by atoms with Crippen LogP contribution in [0.2, 0.25) is 0 Å². The van der Waals surface area contributed by atoms with Crippen LogP contribution in [0.1, 0.15) is 16.1 Å². The van der Waals surface area contributed by atoms with Crippen molar-refractivity contribution >= 4 is 31.1 Å². The van der Waals surface area contributed by atoms with Crippen molar-refractivity contribution in [1.29, 1.82) is 0 Å². The van der Waals surface area contributed by atoms with Gasteiger partial charge >= 0.3 is 33.1 Å². The summed E-state index contributed by atoms with van der Waals surface area (Å²) < 4.78 is 0. The van der Waals surface area contributed by atoms with Crippen LogP contribution in [0.25, 0.3) is 11.2 Å². The Bertz CT molecular complexity index is 731.